The predicted molar refractivity (Wildman–Crippen MR) is 26.1 cm³/mol. The van der Waals surface area contributed by atoms with Gasteiger partial charge in [-0.25, -0.2) is 0 Å². The summed E-state index contributed by atoms with van der Waals surface area (Å²) in [4.78, 5) is 0. The highest BCUT2D eigenvalue weighted by Crippen LogP contribution is 1.88. The number of alkyl halides is 1. The van der Waals surface area contributed by atoms with Gasteiger partial charge in [0.25, 0.3) is 0 Å². The molecule has 0 aliphatic carbocycles. The van der Waals surface area contributed by atoms with Crippen molar-refractivity contribution in [3.05, 3.63) is 11.9 Å². The molecule has 4 heteroatoms. The first-order chi connectivity index (χ1) is 3.93. The minimum absolute atomic E-state index is 0.358. The molecule has 44 valence electrons. The Kier molecular flexibility index (Phi) is 1.56. The number of nitrogens with one attached hydrogen (secondary N) is 1. The zero-order valence-corrected chi connectivity index (χ0v) is 4.26. The summed E-state index contributed by atoms with van der Waals surface area (Å²) in [6, 6.07) is 0. The van der Waals surface area contributed by atoms with E-state index < -0.39 is 0 Å². The molecule has 1 heterocycles. The quantitative estimate of drug-likeness (QED) is 0.601. The molecule has 0 saturated carbocycles. The highest BCUT2D eigenvalue weighted by Gasteiger charge is 1.91. The third-order valence-electron chi connectivity index (χ3n) is 0.816. The van der Waals surface area contributed by atoms with E-state index in [0.29, 0.717) is 12.1 Å². The molecule has 0 amide bonds. The van der Waals surface area contributed by atoms with Gasteiger partial charge in [0.15, 0.2) is 0 Å². The zero-order chi connectivity index (χ0) is 5.82. The number of hydrogen-bond acceptors (Lipinski definition) is 2. The number of nitrogens with zero attached hydrogens (tertiary/aromatic N) is 2. The van der Waals surface area contributed by atoms with Crippen molar-refractivity contribution >= 4 is 0 Å². The van der Waals surface area contributed by atoms with Crippen LogP contribution in [-0.2, 0) is 6.42 Å². The Labute approximate surface area is 45.9 Å². The van der Waals surface area contributed by atoms with Gasteiger partial charge in [0.1, 0.15) is 0 Å². The van der Waals surface area contributed by atoms with Gasteiger partial charge in [-0.1, -0.05) is 0 Å². The molecule has 1 N–H and O–H groups in total. The zero-order valence-electron chi connectivity index (χ0n) is 4.26. The minimum Gasteiger partial charge on any atom is -0.251 e. The van der Waals surface area contributed by atoms with Crippen molar-refractivity contribution in [1.82, 2.24) is 15.4 Å². The first-order valence-corrected chi connectivity index (χ1v) is 2.34. The highest BCUT2D eigenvalue weighted by atomic mass is 18.2. The van der Waals surface area contributed by atoms with E-state index in [1.54, 1.807) is 0 Å². The van der Waals surface area contributed by atoms with Crippen LogP contribution in [0.4, 0.5) is 4.39 Å². The first kappa shape index (κ1) is 5.21. The van der Waals surface area contributed by atoms with Crippen LogP contribution < -0.4 is 0 Å². The highest BCUT2D eigenvalue weighted by molar-refractivity contribution is 4.89. The molecule has 0 unspecified atom stereocenters. The van der Waals surface area contributed by atoms with Crippen molar-refractivity contribution in [3.63, 3.8) is 0 Å². The summed E-state index contributed by atoms with van der Waals surface area (Å²) in [7, 11) is 0. The normalized spacial score (nSPS) is 9.62. The predicted octanol–water partition coefficient (Wildman–Crippen LogP) is 0.317. The second-order valence-electron chi connectivity index (χ2n) is 1.40. The minimum atomic E-state index is -0.369. The molecule has 0 fully saturated rings. The molecule has 0 atom stereocenters. The molecule has 1 aromatic rings. The molecular weight excluding hydrogens is 108 g/mol. The van der Waals surface area contributed by atoms with Crippen molar-refractivity contribution in [2.45, 2.75) is 6.42 Å². The van der Waals surface area contributed by atoms with E-state index in [9.17, 15) is 4.39 Å². The number of aromatic nitrogens is 3. The maximum atomic E-state index is 11.5. The van der Waals surface area contributed by atoms with Crippen LogP contribution in [0.1, 0.15) is 5.69 Å². The summed E-state index contributed by atoms with van der Waals surface area (Å²) in [6.45, 7) is -0.369. The van der Waals surface area contributed by atoms with Crippen LogP contribution in [0.2, 0.25) is 0 Å². The first-order valence-electron chi connectivity index (χ1n) is 2.34. The Morgan fingerprint density at radius 2 is 2.62 bits per heavy atom. The van der Waals surface area contributed by atoms with Crippen LogP contribution >= 0.6 is 0 Å². The van der Waals surface area contributed by atoms with Gasteiger partial charge < -0.3 is 0 Å². The van der Waals surface area contributed by atoms with Crippen molar-refractivity contribution in [2.75, 3.05) is 6.67 Å². The number of hydrogen-bond donors (Lipinski definition) is 1. The Morgan fingerprint density at radius 3 is 3.12 bits per heavy atom. The third kappa shape index (κ3) is 1.02. The van der Waals surface area contributed by atoms with E-state index in [0.717, 1.165) is 0 Å². The molecule has 0 aromatic carbocycles. The molecule has 8 heavy (non-hydrogen) atoms. The number of halogens is 1. The summed E-state index contributed by atoms with van der Waals surface area (Å²) < 4.78 is 11.5. The Bertz CT molecular complexity index is 137. The summed E-state index contributed by atoms with van der Waals surface area (Å²) in [5.41, 5.74) is 0.674. The van der Waals surface area contributed by atoms with Gasteiger partial charge in [-0.15, -0.1) is 0 Å². The molecule has 1 rings (SSSR count). The second kappa shape index (κ2) is 2.40. The van der Waals surface area contributed by atoms with E-state index in [2.05, 4.69) is 15.4 Å². The lowest BCUT2D eigenvalue weighted by atomic mass is 10.4. The van der Waals surface area contributed by atoms with E-state index in [1.165, 1.54) is 6.20 Å². The third-order valence-corrected chi connectivity index (χ3v) is 0.816. The smallest absolute Gasteiger partial charge is 0.0951 e. The van der Waals surface area contributed by atoms with Crippen LogP contribution in [0.5, 0.6) is 0 Å². The summed E-state index contributed by atoms with van der Waals surface area (Å²) in [5.74, 6) is 0. The Balaban J connectivity index is 2.50. The van der Waals surface area contributed by atoms with Gasteiger partial charge in [-0.2, -0.15) is 15.4 Å². The lowest BCUT2D eigenvalue weighted by Gasteiger charge is -1.80. The van der Waals surface area contributed by atoms with Gasteiger partial charge in [0.2, 0.25) is 0 Å². The lowest BCUT2D eigenvalue weighted by molar-refractivity contribution is 0.491. The monoisotopic (exact) mass is 114 g/mol. The van der Waals surface area contributed by atoms with Gasteiger partial charge in [0, 0.05) is 6.42 Å². The molecule has 0 spiro atoms. The number of rotatable bonds is 2. The van der Waals surface area contributed by atoms with Crippen molar-refractivity contribution in [1.29, 1.82) is 0 Å². The number of aryl methyl sites for hydroxylation is 1. The van der Waals surface area contributed by atoms with Gasteiger partial charge in [-0.3, -0.25) is 4.39 Å². The van der Waals surface area contributed by atoms with E-state index >= 15 is 0 Å². The molecular formula is C4H6FN3. The van der Waals surface area contributed by atoms with Crippen LogP contribution in [0.15, 0.2) is 6.20 Å². The summed E-state index contributed by atoms with van der Waals surface area (Å²) in [6.07, 6.45) is 1.87. The number of aromatic amines is 1. The van der Waals surface area contributed by atoms with E-state index in [4.69, 9.17) is 0 Å². The molecule has 1 aromatic heterocycles. The van der Waals surface area contributed by atoms with Crippen molar-refractivity contribution < 1.29 is 4.39 Å². The summed E-state index contributed by atoms with van der Waals surface area (Å²) in [5, 5.41) is 9.52. The molecule has 0 aliphatic rings. The Hall–Kier alpha value is -0.930. The fraction of sp³-hybridized carbons (Fsp3) is 0.500. The molecule has 0 saturated heterocycles. The number of H-pyrrole nitrogens is 1. The molecule has 0 bridgehead atoms. The molecule has 0 radical (unpaired) electrons. The maximum absolute atomic E-state index is 11.5. The van der Waals surface area contributed by atoms with Crippen LogP contribution in [-0.4, -0.2) is 22.1 Å². The summed E-state index contributed by atoms with van der Waals surface area (Å²) >= 11 is 0. The molecule has 0 aliphatic heterocycles. The van der Waals surface area contributed by atoms with Crippen LogP contribution in [0, 0.1) is 0 Å². The van der Waals surface area contributed by atoms with Crippen molar-refractivity contribution in [2.24, 2.45) is 0 Å². The SMILES string of the molecule is [18F]CCc1cn[nH]n1. The van der Waals surface area contributed by atoms with Crippen LogP contribution in [0.3, 0.4) is 0 Å². The van der Waals surface area contributed by atoms with Gasteiger partial charge in [-0.05, 0) is 0 Å². The Morgan fingerprint density at radius 1 is 1.75 bits per heavy atom. The maximum Gasteiger partial charge on any atom is 0.0951 e. The van der Waals surface area contributed by atoms with Crippen molar-refractivity contribution in [3.8, 4) is 0 Å². The average Bonchev–Trinajstić information content (AvgIpc) is 2.19. The fourth-order valence-electron chi connectivity index (χ4n) is 0.443. The lowest BCUT2D eigenvalue weighted by Crippen LogP contribution is -1.85. The van der Waals surface area contributed by atoms with Gasteiger partial charge >= 0.3 is 0 Å². The van der Waals surface area contributed by atoms with E-state index in [-0.39, 0.29) is 6.67 Å². The standard InChI is InChI=1S/C4H6FN3/c5-2-1-4-3-6-8-7-4/h3H,1-2H2,(H,6,7,8)/i5-1. The topological polar surface area (TPSA) is 41.6 Å². The average molecular weight is 114 g/mol. The fourth-order valence-corrected chi connectivity index (χ4v) is 0.443. The van der Waals surface area contributed by atoms with Crippen LogP contribution in [0.25, 0.3) is 0 Å². The van der Waals surface area contributed by atoms with E-state index in [1.807, 2.05) is 0 Å². The second-order valence-corrected chi connectivity index (χ2v) is 1.40. The van der Waals surface area contributed by atoms with Gasteiger partial charge in [0.05, 0.1) is 18.6 Å². The molecule has 3 nitrogen and oxygen atoms in total. The largest absolute Gasteiger partial charge is 0.251 e.